The summed E-state index contributed by atoms with van der Waals surface area (Å²) in [4.78, 5) is 17.4. The van der Waals surface area contributed by atoms with Crippen LogP contribution < -0.4 is 0 Å². The number of carbonyl (C=O) groups is 1. The van der Waals surface area contributed by atoms with E-state index in [1.807, 2.05) is 65.2 Å². The summed E-state index contributed by atoms with van der Waals surface area (Å²) in [5, 5.41) is 27.8. The van der Waals surface area contributed by atoms with Crippen LogP contribution in [0.1, 0.15) is 81.1 Å². The van der Waals surface area contributed by atoms with Crippen LogP contribution in [0.25, 0.3) is 0 Å². The fraction of sp³-hybridized carbons (Fsp3) is 0.952. The molecule has 0 bridgehead atoms. The fourth-order valence-corrected chi connectivity index (χ4v) is 6.11. The lowest BCUT2D eigenvalue weighted by Gasteiger charge is -2.52. The molecular formula is C21H38N4O3. The molecule has 0 aliphatic carbocycles. The molecule has 3 aliphatic rings. The van der Waals surface area contributed by atoms with E-state index in [9.17, 15) is 15.2 Å². The maximum atomic E-state index is 13.4. The molecule has 2 radical (unpaired) electrons. The molecule has 0 aromatic rings. The van der Waals surface area contributed by atoms with Gasteiger partial charge in [0.1, 0.15) is 0 Å². The highest BCUT2D eigenvalue weighted by Gasteiger charge is 2.53. The van der Waals surface area contributed by atoms with Gasteiger partial charge in [0.05, 0.1) is 0 Å². The van der Waals surface area contributed by atoms with Gasteiger partial charge in [-0.15, -0.1) is 20.5 Å². The van der Waals surface area contributed by atoms with Gasteiger partial charge in [-0.25, -0.2) is 4.79 Å². The number of hydrogen-bond donors (Lipinski definition) is 0. The zero-order chi connectivity index (χ0) is 21.3. The van der Waals surface area contributed by atoms with Crippen molar-refractivity contribution in [1.29, 1.82) is 0 Å². The zero-order valence-electron chi connectivity index (χ0n) is 18.9. The highest BCUT2D eigenvalue weighted by molar-refractivity contribution is 5.77. The third-order valence-electron chi connectivity index (χ3n) is 7.09. The molecule has 0 atom stereocenters. The number of hydrogen-bond acceptors (Lipinski definition) is 3. The highest BCUT2D eigenvalue weighted by atomic mass is 16.5. The lowest BCUT2D eigenvalue weighted by molar-refractivity contribution is -0.293. The van der Waals surface area contributed by atoms with Crippen molar-refractivity contribution in [2.45, 2.75) is 115 Å². The molecule has 0 spiro atoms. The number of carbonyl (C=O) groups excluding carboxylic acids is 1. The normalized spacial score (nSPS) is 31.6. The topological polar surface area (TPSA) is 69.8 Å². The second-order valence-corrected chi connectivity index (χ2v) is 11.6. The van der Waals surface area contributed by atoms with Crippen LogP contribution in [0.5, 0.6) is 0 Å². The Bertz CT molecular complexity index is 543. The molecule has 0 saturated carbocycles. The van der Waals surface area contributed by atoms with Gasteiger partial charge in [-0.05, 0) is 81.1 Å². The van der Waals surface area contributed by atoms with Crippen LogP contribution in [0, 0.1) is 0 Å². The van der Waals surface area contributed by atoms with Gasteiger partial charge >= 0.3 is 6.03 Å². The molecule has 7 nitrogen and oxygen atoms in total. The van der Waals surface area contributed by atoms with Gasteiger partial charge in [0.2, 0.25) is 0 Å². The van der Waals surface area contributed by atoms with E-state index >= 15 is 0 Å². The predicted octanol–water partition coefficient (Wildman–Crippen LogP) is 3.46. The van der Waals surface area contributed by atoms with Gasteiger partial charge < -0.3 is 9.80 Å². The average molecular weight is 395 g/mol. The minimum absolute atomic E-state index is 0.0758. The Hall–Kier alpha value is -0.890. The molecule has 3 aliphatic heterocycles. The van der Waals surface area contributed by atoms with Gasteiger partial charge in [-0.3, -0.25) is 0 Å². The Balaban J connectivity index is 1.77. The minimum Gasteiger partial charge on any atom is -0.320 e. The predicted molar refractivity (Wildman–Crippen MR) is 106 cm³/mol. The summed E-state index contributed by atoms with van der Waals surface area (Å²) in [7, 11) is 0. The molecule has 28 heavy (non-hydrogen) atoms. The molecule has 160 valence electrons. The summed E-state index contributed by atoms with van der Waals surface area (Å²) in [6.07, 6.45) is 2.76. The van der Waals surface area contributed by atoms with Crippen molar-refractivity contribution in [3.05, 3.63) is 0 Å². The van der Waals surface area contributed by atoms with Crippen LogP contribution in [0.3, 0.4) is 0 Å². The van der Waals surface area contributed by atoms with Crippen LogP contribution in [0.15, 0.2) is 0 Å². The molecule has 3 saturated heterocycles. The molecular weight excluding hydrogens is 356 g/mol. The molecule has 0 N–H and O–H groups in total. The Labute approximate surface area is 170 Å². The van der Waals surface area contributed by atoms with Crippen molar-refractivity contribution in [2.24, 2.45) is 0 Å². The van der Waals surface area contributed by atoms with Crippen molar-refractivity contribution in [3.8, 4) is 0 Å². The second kappa shape index (κ2) is 6.56. The smallest absolute Gasteiger partial charge is 0.320 e. The van der Waals surface area contributed by atoms with Crippen molar-refractivity contribution >= 4 is 6.03 Å². The van der Waals surface area contributed by atoms with Gasteiger partial charge in [-0.2, -0.15) is 0 Å². The molecule has 0 unspecified atom stereocenters. The van der Waals surface area contributed by atoms with Crippen LogP contribution in [-0.4, -0.2) is 73.3 Å². The number of amides is 2. The molecule has 7 heteroatoms. The Morgan fingerprint density at radius 1 is 0.607 bits per heavy atom. The fourth-order valence-electron chi connectivity index (χ4n) is 6.11. The largest absolute Gasteiger partial charge is 0.320 e. The third kappa shape index (κ3) is 3.55. The summed E-state index contributed by atoms with van der Waals surface area (Å²) in [6, 6.07) is 0.230. The average Bonchev–Trinajstić information content (AvgIpc) is 2.90. The lowest BCUT2D eigenvalue weighted by atomic mass is 9.78. The summed E-state index contributed by atoms with van der Waals surface area (Å²) >= 11 is 0. The van der Waals surface area contributed by atoms with Crippen LogP contribution in [-0.2, 0) is 10.4 Å². The number of nitrogens with zero attached hydrogens (tertiary/aromatic N) is 4. The first-order valence-corrected chi connectivity index (χ1v) is 10.6. The van der Waals surface area contributed by atoms with Gasteiger partial charge in [-0.1, -0.05) is 0 Å². The summed E-state index contributed by atoms with van der Waals surface area (Å²) < 4.78 is 0. The first-order valence-electron chi connectivity index (χ1n) is 10.6. The Kier molecular flexibility index (Phi) is 5.11. The van der Waals surface area contributed by atoms with Crippen molar-refractivity contribution < 1.29 is 15.2 Å². The quantitative estimate of drug-likeness (QED) is 0.720. The summed E-state index contributed by atoms with van der Waals surface area (Å²) in [5.74, 6) is 0. The van der Waals surface area contributed by atoms with Crippen LogP contribution in [0.4, 0.5) is 4.79 Å². The third-order valence-corrected chi connectivity index (χ3v) is 7.09. The van der Waals surface area contributed by atoms with E-state index in [0.29, 0.717) is 38.8 Å². The van der Waals surface area contributed by atoms with Gasteiger partial charge in [0.15, 0.2) is 0 Å². The number of hydroxylamine groups is 4. The van der Waals surface area contributed by atoms with E-state index in [2.05, 4.69) is 0 Å². The highest BCUT2D eigenvalue weighted by Crippen LogP contribution is 2.42. The zero-order valence-corrected chi connectivity index (χ0v) is 18.9. The molecule has 3 fully saturated rings. The molecule has 2 amide bonds. The van der Waals surface area contributed by atoms with Crippen molar-refractivity contribution in [1.82, 2.24) is 19.9 Å². The van der Waals surface area contributed by atoms with Crippen LogP contribution in [0.2, 0.25) is 0 Å². The maximum Gasteiger partial charge on any atom is 0.320 e. The first kappa shape index (κ1) is 21.8. The molecule has 3 heterocycles. The van der Waals surface area contributed by atoms with E-state index in [-0.39, 0.29) is 18.1 Å². The Morgan fingerprint density at radius 3 is 1.11 bits per heavy atom. The minimum atomic E-state index is -0.488. The lowest BCUT2D eigenvalue weighted by Crippen LogP contribution is -2.64. The molecule has 0 aromatic carbocycles. The molecule has 0 aromatic heterocycles. The summed E-state index contributed by atoms with van der Waals surface area (Å²) in [6.45, 7) is 17.2. The van der Waals surface area contributed by atoms with Gasteiger partial charge in [0.25, 0.3) is 0 Å². The second-order valence-electron chi connectivity index (χ2n) is 11.6. The van der Waals surface area contributed by atoms with E-state index in [1.54, 1.807) is 0 Å². The standard InChI is InChI=1S/C21H38N4O3/c1-18(2)11-15(12-19(3,4)24(18)27)22-9-10-23(17(22)26)16-13-20(5,6)25(28)21(7,8)14-16/h15-16H,9-14H2,1-8H3. The summed E-state index contributed by atoms with van der Waals surface area (Å²) in [5.41, 5.74) is -1.95. The van der Waals surface area contributed by atoms with E-state index in [0.717, 1.165) is 0 Å². The SMILES string of the molecule is CC1(C)CC(N2CCN(C3CC(C)(C)N([O])C(C)(C)C3)C2=O)CC(C)(C)N1[O]. The van der Waals surface area contributed by atoms with E-state index in [4.69, 9.17) is 0 Å². The number of piperidine rings is 2. The first-order chi connectivity index (χ1) is 12.6. The van der Waals surface area contributed by atoms with E-state index in [1.165, 1.54) is 10.1 Å². The monoisotopic (exact) mass is 394 g/mol. The Morgan fingerprint density at radius 2 is 0.857 bits per heavy atom. The van der Waals surface area contributed by atoms with Crippen molar-refractivity contribution in [3.63, 3.8) is 0 Å². The number of rotatable bonds is 2. The maximum absolute atomic E-state index is 13.4. The van der Waals surface area contributed by atoms with Crippen molar-refractivity contribution in [2.75, 3.05) is 13.1 Å². The van der Waals surface area contributed by atoms with E-state index < -0.39 is 22.2 Å². The molecule has 3 rings (SSSR count). The number of urea groups is 1. The van der Waals surface area contributed by atoms with Gasteiger partial charge in [0, 0.05) is 47.3 Å². The van der Waals surface area contributed by atoms with Crippen LogP contribution >= 0.6 is 0 Å².